The first-order valence-corrected chi connectivity index (χ1v) is 10.4. The molecule has 0 unspecified atom stereocenters. The van der Waals surface area contributed by atoms with Crippen LogP contribution in [0.5, 0.6) is 5.75 Å². The summed E-state index contributed by atoms with van der Waals surface area (Å²) in [4.78, 5) is 14.7. The monoisotopic (exact) mass is 450 g/mol. The second-order valence-corrected chi connectivity index (χ2v) is 8.04. The van der Waals surface area contributed by atoms with Crippen LogP contribution in [0.3, 0.4) is 0 Å². The molecule has 1 amide bonds. The Bertz CT molecular complexity index is 779. The highest BCUT2D eigenvalue weighted by Crippen LogP contribution is 2.27. The zero-order valence-corrected chi connectivity index (χ0v) is 17.6. The number of halogens is 2. The Kier molecular flexibility index (Phi) is 7.56. The fourth-order valence-electron chi connectivity index (χ4n) is 3.22. The highest BCUT2D eigenvalue weighted by Gasteiger charge is 2.13. The lowest BCUT2D eigenvalue weighted by Crippen LogP contribution is -2.31. The molecule has 1 saturated heterocycles. The minimum atomic E-state index is -0.148. The van der Waals surface area contributed by atoms with Gasteiger partial charge in [0.05, 0.1) is 4.47 Å². The van der Waals surface area contributed by atoms with Gasteiger partial charge in [0.15, 0.2) is 6.61 Å². The average molecular weight is 452 g/mol. The van der Waals surface area contributed by atoms with Crippen LogP contribution in [0.1, 0.15) is 30.4 Å². The highest BCUT2D eigenvalue weighted by molar-refractivity contribution is 9.10. The molecule has 4 nitrogen and oxygen atoms in total. The summed E-state index contributed by atoms with van der Waals surface area (Å²) in [5, 5.41) is 3.57. The Morgan fingerprint density at radius 2 is 1.85 bits per heavy atom. The van der Waals surface area contributed by atoms with Crippen molar-refractivity contribution < 1.29 is 9.53 Å². The fourth-order valence-corrected chi connectivity index (χ4v) is 4.02. The molecule has 2 aromatic carbocycles. The van der Waals surface area contributed by atoms with Crippen molar-refractivity contribution in [3.8, 4) is 5.75 Å². The molecule has 1 N–H and O–H groups in total. The van der Waals surface area contributed by atoms with Crippen molar-refractivity contribution in [1.82, 2.24) is 10.2 Å². The number of nitrogens with zero attached hydrogens (tertiary/aromatic N) is 1. The molecule has 0 radical (unpaired) electrons. The van der Waals surface area contributed by atoms with Gasteiger partial charge in [0.2, 0.25) is 0 Å². The largest absolute Gasteiger partial charge is 0.483 e. The molecule has 2 aromatic rings. The number of ether oxygens (including phenoxy) is 1. The topological polar surface area (TPSA) is 41.6 Å². The van der Waals surface area contributed by atoms with Gasteiger partial charge in [0.1, 0.15) is 5.75 Å². The molecule has 1 aliphatic rings. The van der Waals surface area contributed by atoms with Gasteiger partial charge in [-0.2, -0.15) is 0 Å². The number of piperidine rings is 1. The van der Waals surface area contributed by atoms with Crippen LogP contribution in [-0.2, 0) is 17.9 Å². The lowest BCUT2D eigenvalue weighted by molar-refractivity contribution is -0.123. The number of hydrogen-bond donors (Lipinski definition) is 1. The Labute approximate surface area is 174 Å². The van der Waals surface area contributed by atoms with E-state index in [1.807, 2.05) is 6.07 Å². The molecule has 1 heterocycles. The Morgan fingerprint density at radius 3 is 2.59 bits per heavy atom. The molecule has 0 atom stereocenters. The summed E-state index contributed by atoms with van der Waals surface area (Å²) in [6.07, 6.45) is 3.88. The predicted octanol–water partition coefficient (Wildman–Crippen LogP) is 4.78. The number of benzene rings is 2. The molecule has 144 valence electrons. The average Bonchev–Trinajstić information content (AvgIpc) is 2.67. The van der Waals surface area contributed by atoms with Crippen molar-refractivity contribution >= 4 is 33.4 Å². The van der Waals surface area contributed by atoms with E-state index in [0.717, 1.165) is 29.7 Å². The van der Waals surface area contributed by atoms with Gasteiger partial charge >= 0.3 is 0 Å². The number of carbonyl (C=O) groups excluding carboxylic acids is 1. The molecule has 0 aliphatic carbocycles. The first kappa shape index (κ1) is 20.2. The van der Waals surface area contributed by atoms with Gasteiger partial charge in [-0.1, -0.05) is 42.3 Å². The number of rotatable bonds is 7. The second-order valence-electron chi connectivity index (χ2n) is 6.75. The van der Waals surface area contributed by atoms with E-state index in [9.17, 15) is 4.79 Å². The van der Waals surface area contributed by atoms with Gasteiger partial charge in [0.25, 0.3) is 5.91 Å². The van der Waals surface area contributed by atoms with Crippen molar-refractivity contribution in [1.29, 1.82) is 0 Å². The van der Waals surface area contributed by atoms with Crippen LogP contribution in [0, 0.1) is 0 Å². The van der Waals surface area contributed by atoms with Crippen LogP contribution in [0.4, 0.5) is 0 Å². The third-order valence-electron chi connectivity index (χ3n) is 4.69. The first-order chi connectivity index (χ1) is 13.1. The SMILES string of the molecule is O=C(COc1ccc(Cl)cc1Br)NCc1ccccc1CN1CCCCC1. The molecule has 0 bridgehead atoms. The maximum Gasteiger partial charge on any atom is 0.258 e. The number of hydrogen-bond acceptors (Lipinski definition) is 3. The van der Waals surface area contributed by atoms with E-state index in [0.29, 0.717) is 17.3 Å². The summed E-state index contributed by atoms with van der Waals surface area (Å²) in [5.74, 6) is 0.449. The number of amides is 1. The molecule has 27 heavy (non-hydrogen) atoms. The minimum Gasteiger partial charge on any atom is -0.483 e. The van der Waals surface area contributed by atoms with Crippen molar-refractivity contribution in [2.75, 3.05) is 19.7 Å². The van der Waals surface area contributed by atoms with Gasteiger partial charge in [-0.25, -0.2) is 0 Å². The maximum absolute atomic E-state index is 12.2. The molecule has 0 aromatic heterocycles. The van der Waals surface area contributed by atoms with Gasteiger partial charge in [0, 0.05) is 18.1 Å². The molecule has 0 spiro atoms. The summed E-state index contributed by atoms with van der Waals surface area (Å²) >= 11 is 9.30. The maximum atomic E-state index is 12.2. The van der Waals surface area contributed by atoms with Gasteiger partial charge in [-0.05, 0) is 71.2 Å². The second kappa shape index (κ2) is 10.1. The van der Waals surface area contributed by atoms with Crippen LogP contribution in [0.25, 0.3) is 0 Å². The third-order valence-corrected chi connectivity index (χ3v) is 5.54. The van der Waals surface area contributed by atoms with Crippen LogP contribution >= 0.6 is 27.5 Å². The first-order valence-electron chi connectivity index (χ1n) is 9.25. The fraction of sp³-hybridized carbons (Fsp3) is 0.381. The van der Waals surface area contributed by atoms with Crippen molar-refractivity contribution in [2.45, 2.75) is 32.4 Å². The molecular formula is C21H24BrClN2O2. The highest BCUT2D eigenvalue weighted by atomic mass is 79.9. The Balaban J connectivity index is 1.51. The number of likely N-dealkylation sites (tertiary alicyclic amines) is 1. The van der Waals surface area contributed by atoms with Crippen molar-refractivity contribution in [3.05, 3.63) is 63.1 Å². The summed E-state index contributed by atoms with van der Waals surface area (Å²) < 4.78 is 6.30. The third kappa shape index (κ3) is 6.23. The van der Waals surface area contributed by atoms with E-state index >= 15 is 0 Å². The van der Waals surface area contributed by atoms with Crippen LogP contribution in [-0.4, -0.2) is 30.5 Å². The van der Waals surface area contributed by atoms with E-state index in [-0.39, 0.29) is 12.5 Å². The predicted molar refractivity (Wildman–Crippen MR) is 112 cm³/mol. The van der Waals surface area contributed by atoms with E-state index in [1.165, 1.54) is 24.8 Å². The van der Waals surface area contributed by atoms with E-state index in [4.69, 9.17) is 16.3 Å². The standard InChI is InChI=1S/C21H24BrClN2O2/c22-19-12-18(23)8-9-20(19)27-15-21(26)24-13-16-6-2-3-7-17(16)14-25-10-4-1-5-11-25/h2-3,6-9,12H,1,4-5,10-11,13-15H2,(H,24,26). The zero-order chi connectivity index (χ0) is 19.1. The summed E-state index contributed by atoms with van der Waals surface area (Å²) in [6.45, 7) is 3.73. The quantitative estimate of drug-likeness (QED) is 0.658. The van der Waals surface area contributed by atoms with E-state index in [1.54, 1.807) is 18.2 Å². The summed E-state index contributed by atoms with van der Waals surface area (Å²) in [7, 11) is 0. The summed E-state index contributed by atoms with van der Waals surface area (Å²) in [5.41, 5.74) is 2.44. The van der Waals surface area contributed by atoms with Crippen molar-refractivity contribution in [3.63, 3.8) is 0 Å². The zero-order valence-electron chi connectivity index (χ0n) is 15.2. The molecular weight excluding hydrogens is 428 g/mol. The van der Waals surface area contributed by atoms with E-state index in [2.05, 4.69) is 44.3 Å². The molecule has 0 saturated carbocycles. The van der Waals surface area contributed by atoms with Crippen LogP contribution in [0.2, 0.25) is 5.02 Å². The molecule has 6 heteroatoms. The Hall–Kier alpha value is -1.56. The van der Waals surface area contributed by atoms with Crippen LogP contribution in [0.15, 0.2) is 46.9 Å². The molecule has 3 rings (SSSR count). The Morgan fingerprint density at radius 1 is 1.11 bits per heavy atom. The minimum absolute atomic E-state index is 0.0332. The number of carbonyl (C=O) groups is 1. The smallest absolute Gasteiger partial charge is 0.258 e. The number of nitrogens with one attached hydrogen (secondary N) is 1. The van der Waals surface area contributed by atoms with Gasteiger partial charge in [-0.3, -0.25) is 9.69 Å². The lowest BCUT2D eigenvalue weighted by atomic mass is 10.0. The lowest BCUT2D eigenvalue weighted by Gasteiger charge is -2.27. The molecule has 1 fully saturated rings. The molecule has 1 aliphatic heterocycles. The van der Waals surface area contributed by atoms with Gasteiger partial charge in [-0.15, -0.1) is 0 Å². The summed E-state index contributed by atoms with van der Waals surface area (Å²) in [6, 6.07) is 13.5. The van der Waals surface area contributed by atoms with E-state index < -0.39 is 0 Å². The van der Waals surface area contributed by atoms with Crippen molar-refractivity contribution in [2.24, 2.45) is 0 Å². The van der Waals surface area contributed by atoms with Crippen LogP contribution < -0.4 is 10.1 Å². The van der Waals surface area contributed by atoms with Gasteiger partial charge < -0.3 is 10.1 Å². The normalized spacial score (nSPS) is 14.7.